The number of carbonyl (C=O) groups is 1. The Bertz CT molecular complexity index is 1430. The van der Waals surface area contributed by atoms with Crippen molar-refractivity contribution in [2.75, 3.05) is 23.9 Å². The Morgan fingerprint density at radius 1 is 1.19 bits per heavy atom. The molecule has 0 radical (unpaired) electrons. The number of nitrogens with zero attached hydrogens (tertiary/aromatic N) is 3. The molecule has 0 fully saturated rings. The van der Waals surface area contributed by atoms with Gasteiger partial charge < -0.3 is 14.4 Å². The van der Waals surface area contributed by atoms with Gasteiger partial charge in [0.25, 0.3) is 15.7 Å². The van der Waals surface area contributed by atoms with Gasteiger partial charge >= 0.3 is 5.97 Å². The van der Waals surface area contributed by atoms with Gasteiger partial charge in [-0.1, -0.05) is 12.1 Å². The van der Waals surface area contributed by atoms with Crippen LogP contribution in [0.3, 0.4) is 0 Å². The van der Waals surface area contributed by atoms with E-state index in [1.54, 1.807) is 7.11 Å². The average molecular weight is 516 g/mol. The van der Waals surface area contributed by atoms with Crippen LogP contribution >= 0.6 is 0 Å². The quantitative estimate of drug-likeness (QED) is 0.198. The maximum Gasteiger partial charge on any atom is 0.337 e. The van der Waals surface area contributed by atoms with E-state index in [1.165, 1.54) is 36.5 Å². The smallest absolute Gasteiger partial charge is 0.337 e. The third-order valence-corrected chi connectivity index (χ3v) is 6.79. The van der Waals surface area contributed by atoms with Crippen LogP contribution in [-0.2, 0) is 21.3 Å². The molecule has 190 valence electrons. The summed E-state index contributed by atoms with van der Waals surface area (Å²) in [7, 11) is -2.83. The molecule has 0 amide bonds. The Hall–Kier alpha value is -4.23. The molecule has 13 heteroatoms. The summed E-state index contributed by atoms with van der Waals surface area (Å²) in [5, 5.41) is 24.8. The number of benzene rings is 2. The Morgan fingerprint density at radius 3 is 2.58 bits per heavy atom. The summed E-state index contributed by atoms with van der Waals surface area (Å²) in [6, 6.07) is 10.6. The van der Waals surface area contributed by atoms with E-state index >= 15 is 0 Å². The van der Waals surface area contributed by atoms with Crippen LogP contribution in [0.15, 0.2) is 58.5 Å². The van der Waals surface area contributed by atoms with E-state index < -0.39 is 31.5 Å². The number of aromatic nitrogens is 1. The molecule has 3 N–H and O–H groups in total. The molecular weight excluding hydrogens is 490 g/mol. The molecular formula is C23H25N5O7S. The van der Waals surface area contributed by atoms with Crippen molar-refractivity contribution in [3.8, 4) is 0 Å². The minimum Gasteiger partial charge on any atom is -0.478 e. The van der Waals surface area contributed by atoms with Crippen molar-refractivity contribution in [2.24, 2.45) is 5.10 Å². The van der Waals surface area contributed by atoms with Crippen LogP contribution in [0.25, 0.3) is 0 Å². The highest BCUT2D eigenvalue weighted by Gasteiger charge is 2.24. The maximum absolute atomic E-state index is 13.2. The van der Waals surface area contributed by atoms with E-state index in [0.717, 1.165) is 29.1 Å². The molecule has 0 aliphatic heterocycles. The van der Waals surface area contributed by atoms with Crippen molar-refractivity contribution in [2.45, 2.75) is 25.3 Å². The molecule has 36 heavy (non-hydrogen) atoms. The molecule has 0 saturated carbocycles. The minimum absolute atomic E-state index is 0.0367. The summed E-state index contributed by atoms with van der Waals surface area (Å²) in [6.45, 7) is 5.04. The number of hydrazone groups is 1. The van der Waals surface area contributed by atoms with Gasteiger partial charge in [0.1, 0.15) is 4.90 Å². The molecule has 0 bridgehead atoms. The molecule has 0 aliphatic rings. The summed E-state index contributed by atoms with van der Waals surface area (Å²) >= 11 is 0. The van der Waals surface area contributed by atoms with Gasteiger partial charge in [0.15, 0.2) is 0 Å². The number of non-ortho nitro benzene ring substituents is 1. The molecule has 2 aromatic carbocycles. The van der Waals surface area contributed by atoms with Crippen LogP contribution in [0.4, 0.5) is 17.1 Å². The van der Waals surface area contributed by atoms with E-state index in [0.29, 0.717) is 13.2 Å². The highest BCUT2D eigenvalue weighted by atomic mass is 32.2. The molecule has 0 spiro atoms. The third kappa shape index (κ3) is 5.87. The van der Waals surface area contributed by atoms with Crippen molar-refractivity contribution >= 4 is 39.3 Å². The van der Waals surface area contributed by atoms with E-state index in [2.05, 4.69) is 19.8 Å². The number of aryl methyl sites for hydroxylation is 1. The predicted octanol–water partition coefficient (Wildman–Crippen LogP) is 3.60. The number of anilines is 2. The van der Waals surface area contributed by atoms with E-state index in [1.807, 2.05) is 19.9 Å². The third-order valence-electron chi connectivity index (χ3n) is 5.39. The number of ether oxygens (including phenoxy) is 1. The largest absolute Gasteiger partial charge is 0.478 e. The van der Waals surface area contributed by atoms with Gasteiger partial charge in [0.2, 0.25) is 0 Å². The van der Waals surface area contributed by atoms with E-state index in [-0.39, 0.29) is 16.9 Å². The van der Waals surface area contributed by atoms with Crippen LogP contribution < -0.4 is 10.1 Å². The number of hydrogen-bond acceptors (Lipinski definition) is 8. The first kappa shape index (κ1) is 26.4. The molecule has 0 atom stereocenters. The highest BCUT2D eigenvalue weighted by Crippen LogP contribution is 2.29. The fourth-order valence-corrected chi connectivity index (χ4v) is 4.81. The lowest BCUT2D eigenvalue weighted by Gasteiger charge is -2.13. The summed E-state index contributed by atoms with van der Waals surface area (Å²) < 4.78 is 35.7. The number of rotatable bonds is 11. The first-order valence-electron chi connectivity index (χ1n) is 10.6. The molecule has 3 rings (SSSR count). The zero-order valence-corrected chi connectivity index (χ0v) is 20.6. The average Bonchev–Trinajstić information content (AvgIpc) is 3.09. The zero-order valence-electron chi connectivity index (χ0n) is 19.8. The molecule has 12 nitrogen and oxygen atoms in total. The Labute approximate surface area is 207 Å². The van der Waals surface area contributed by atoms with Crippen molar-refractivity contribution in [1.29, 1.82) is 0 Å². The van der Waals surface area contributed by atoms with Crippen LogP contribution in [-0.4, -0.2) is 48.9 Å². The molecule has 0 unspecified atom stereocenters. The number of hydrogen-bond donors (Lipinski definition) is 3. The van der Waals surface area contributed by atoms with E-state index in [4.69, 9.17) is 4.74 Å². The number of nitro groups is 1. The summed E-state index contributed by atoms with van der Waals surface area (Å²) in [4.78, 5) is 21.6. The van der Waals surface area contributed by atoms with Crippen LogP contribution in [0.1, 0.15) is 27.3 Å². The summed E-state index contributed by atoms with van der Waals surface area (Å²) in [5.74, 6) is -1.33. The highest BCUT2D eigenvalue weighted by molar-refractivity contribution is 7.93. The topological polar surface area (TPSA) is 165 Å². The van der Waals surface area contributed by atoms with Crippen LogP contribution in [0.2, 0.25) is 0 Å². The predicted molar refractivity (Wildman–Crippen MR) is 134 cm³/mol. The monoisotopic (exact) mass is 515 g/mol. The Balaban J connectivity index is 1.95. The standard InChI is InChI=1S/C23H25N5O7S/c1-15-12-17(16(2)27(15)10-11-35-3)14-24-25-21-9-8-18(28(31)32)13-22(21)36(33,34)26-20-7-5-4-6-19(20)23(29)30/h4-9,12-14,25-26H,10-11H2,1-3H3,(H,29,30)/b24-14+. The van der Waals surface area contributed by atoms with Gasteiger partial charge in [-0.05, 0) is 38.1 Å². The number of nitro benzene ring substituents is 1. The normalized spacial score (nSPS) is 11.5. The lowest BCUT2D eigenvalue weighted by atomic mass is 10.2. The van der Waals surface area contributed by atoms with Gasteiger partial charge in [0, 0.05) is 42.7 Å². The molecule has 0 aliphatic carbocycles. The Kier molecular flexibility index (Phi) is 8.07. The Morgan fingerprint density at radius 2 is 1.92 bits per heavy atom. The van der Waals surface area contributed by atoms with Crippen molar-refractivity contribution in [1.82, 2.24) is 4.57 Å². The lowest BCUT2D eigenvalue weighted by Crippen LogP contribution is -2.17. The fourth-order valence-electron chi connectivity index (χ4n) is 3.55. The number of aromatic carboxylic acids is 1. The number of carboxylic acid groups (broad SMARTS) is 1. The van der Waals surface area contributed by atoms with Gasteiger partial charge in [-0.3, -0.25) is 20.3 Å². The second kappa shape index (κ2) is 11.0. The number of methoxy groups -OCH3 is 1. The zero-order chi connectivity index (χ0) is 26.5. The van der Waals surface area contributed by atoms with Gasteiger partial charge in [-0.2, -0.15) is 5.10 Å². The van der Waals surface area contributed by atoms with Crippen LogP contribution in [0.5, 0.6) is 0 Å². The first-order valence-corrected chi connectivity index (χ1v) is 12.1. The van der Waals surface area contributed by atoms with Gasteiger partial charge in [-0.25, -0.2) is 13.2 Å². The number of carboxylic acids is 1. The van der Waals surface area contributed by atoms with Crippen molar-refractivity contribution in [3.05, 3.63) is 81.2 Å². The SMILES string of the molecule is COCCn1c(C)cc(/C=N/Nc2ccc([N+](=O)[O-])cc2S(=O)(=O)Nc2ccccc2C(=O)O)c1C. The molecule has 1 aromatic heterocycles. The lowest BCUT2D eigenvalue weighted by molar-refractivity contribution is -0.385. The number of para-hydroxylation sites is 1. The van der Waals surface area contributed by atoms with E-state index in [9.17, 15) is 28.4 Å². The number of sulfonamides is 1. The van der Waals surface area contributed by atoms with Crippen molar-refractivity contribution < 1.29 is 28.0 Å². The fraction of sp³-hybridized carbons (Fsp3) is 0.217. The van der Waals surface area contributed by atoms with Gasteiger partial charge in [0.05, 0.1) is 34.7 Å². The van der Waals surface area contributed by atoms with Crippen molar-refractivity contribution in [3.63, 3.8) is 0 Å². The first-order chi connectivity index (χ1) is 17.0. The second-order valence-electron chi connectivity index (χ2n) is 7.73. The molecule has 0 saturated heterocycles. The molecule has 1 heterocycles. The number of nitrogens with one attached hydrogen (secondary N) is 2. The molecule has 3 aromatic rings. The second-order valence-corrected chi connectivity index (χ2v) is 9.39. The maximum atomic E-state index is 13.2. The summed E-state index contributed by atoms with van der Waals surface area (Å²) in [5.41, 5.74) is 4.38. The summed E-state index contributed by atoms with van der Waals surface area (Å²) in [6.07, 6.45) is 1.51. The van der Waals surface area contributed by atoms with Gasteiger partial charge in [-0.15, -0.1) is 0 Å². The van der Waals surface area contributed by atoms with Crippen LogP contribution in [0, 0.1) is 24.0 Å². The minimum atomic E-state index is -4.44.